The third kappa shape index (κ3) is 5.71. The molecular formula is C21H27N3O7S2. The van der Waals surface area contributed by atoms with Crippen LogP contribution in [0, 0.1) is 0 Å². The van der Waals surface area contributed by atoms with Crippen LogP contribution in [-0.2, 0) is 36.0 Å². The molecule has 10 nitrogen and oxygen atoms in total. The van der Waals surface area contributed by atoms with Gasteiger partial charge in [0.1, 0.15) is 10.6 Å². The van der Waals surface area contributed by atoms with Crippen molar-refractivity contribution in [3.8, 4) is 5.75 Å². The fourth-order valence-corrected chi connectivity index (χ4v) is 5.86. The molecule has 180 valence electrons. The first-order valence-corrected chi connectivity index (χ1v) is 13.0. The van der Waals surface area contributed by atoms with Crippen LogP contribution in [0.15, 0.2) is 52.3 Å². The Bertz CT molecular complexity index is 1220. The lowest BCUT2D eigenvalue weighted by Gasteiger charge is -2.26. The molecule has 1 aliphatic rings. The lowest BCUT2D eigenvalue weighted by molar-refractivity contribution is -0.115. The molecule has 12 heteroatoms. The van der Waals surface area contributed by atoms with Gasteiger partial charge in [0.15, 0.2) is 0 Å². The van der Waals surface area contributed by atoms with Crippen LogP contribution in [-0.4, -0.2) is 78.9 Å². The van der Waals surface area contributed by atoms with Crippen LogP contribution < -0.4 is 10.1 Å². The van der Waals surface area contributed by atoms with Gasteiger partial charge in [-0.15, -0.1) is 0 Å². The normalized spacial score (nSPS) is 15.4. The molecule has 0 unspecified atom stereocenters. The molecular weight excluding hydrogens is 470 g/mol. The first-order valence-electron chi connectivity index (χ1n) is 10.1. The number of methoxy groups -OCH3 is 1. The zero-order valence-corrected chi connectivity index (χ0v) is 20.3. The summed E-state index contributed by atoms with van der Waals surface area (Å²) < 4.78 is 63.7. The molecule has 2 aromatic carbocycles. The van der Waals surface area contributed by atoms with E-state index in [-0.39, 0.29) is 35.1 Å². The number of anilines is 1. The number of benzene rings is 2. The van der Waals surface area contributed by atoms with Gasteiger partial charge in [-0.2, -0.15) is 4.31 Å². The van der Waals surface area contributed by atoms with Gasteiger partial charge in [0.25, 0.3) is 0 Å². The average Bonchev–Trinajstić information content (AvgIpc) is 2.79. The molecule has 0 bridgehead atoms. The number of ether oxygens (including phenoxy) is 2. The molecule has 1 fully saturated rings. The minimum Gasteiger partial charge on any atom is -0.495 e. The zero-order chi connectivity index (χ0) is 24.2. The van der Waals surface area contributed by atoms with Crippen molar-refractivity contribution in [2.75, 3.05) is 52.8 Å². The maximum atomic E-state index is 13.1. The minimum absolute atomic E-state index is 0.0173. The van der Waals surface area contributed by atoms with Crippen LogP contribution in [0.2, 0.25) is 0 Å². The van der Waals surface area contributed by atoms with Gasteiger partial charge in [-0.1, -0.05) is 12.1 Å². The quantitative estimate of drug-likeness (QED) is 0.580. The smallest absolute Gasteiger partial charge is 0.246 e. The van der Waals surface area contributed by atoms with Crippen LogP contribution in [0.5, 0.6) is 5.75 Å². The Hall–Kier alpha value is -2.51. The summed E-state index contributed by atoms with van der Waals surface area (Å²) in [6.07, 6.45) is -0.111. The van der Waals surface area contributed by atoms with E-state index >= 15 is 0 Å². The molecule has 0 aliphatic carbocycles. The summed E-state index contributed by atoms with van der Waals surface area (Å²) in [6.45, 7) is 1.10. The Kier molecular flexibility index (Phi) is 7.75. The van der Waals surface area contributed by atoms with E-state index in [1.54, 1.807) is 12.1 Å². The Labute approximate surface area is 194 Å². The maximum absolute atomic E-state index is 13.1. The molecule has 0 spiro atoms. The van der Waals surface area contributed by atoms with Gasteiger partial charge in [-0.05, 0) is 35.9 Å². The molecule has 33 heavy (non-hydrogen) atoms. The molecule has 1 N–H and O–H groups in total. The van der Waals surface area contributed by atoms with Gasteiger partial charge in [-0.25, -0.2) is 21.1 Å². The standard InChI is InChI=1S/C21H27N3O7S2/c1-23(2)32(26,27)18-6-4-5-17(15-18)22-21(25)14-16-7-8-19(30-3)20(13-16)33(28,29)24-9-11-31-12-10-24/h4-8,13,15H,9-12,14H2,1-3H3,(H,22,25). The van der Waals surface area contributed by atoms with Crippen molar-refractivity contribution < 1.29 is 31.1 Å². The van der Waals surface area contributed by atoms with Crippen molar-refractivity contribution in [3.63, 3.8) is 0 Å². The van der Waals surface area contributed by atoms with Gasteiger partial charge in [0, 0.05) is 32.9 Å². The number of sulfonamides is 2. The van der Waals surface area contributed by atoms with E-state index in [4.69, 9.17) is 9.47 Å². The summed E-state index contributed by atoms with van der Waals surface area (Å²) >= 11 is 0. The van der Waals surface area contributed by atoms with Gasteiger partial charge in [0.2, 0.25) is 26.0 Å². The average molecular weight is 498 g/mol. The van der Waals surface area contributed by atoms with Crippen molar-refractivity contribution in [2.24, 2.45) is 0 Å². The van der Waals surface area contributed by atoms with E-state index in [0.29, 0.717) is 24.5 Å². The summed E-state index contributed by atoms with van der Waals surface area (Å²) in [6, 6.07) is 10.5. The van der Waals surface area contributed by atoms with E-state index in [1.807, 2.05) is 0 Å². The SMILES string of the molecule is COc1ccc(CC(=O)Nc2cccc(S(=O)(=O)N(C)C)c2)cc1S(=O)(=O)N1CCOCC1. The zero-order valence-electron chi connectivity index (χ0n) is 18.6. The number of hydrogen-bond donors (Lipinski definition) is 1. The molecule has 0 radical (unpaired) electrons. The van der Waals surface area contributed by atoms with Gasteiger partial charge < -0.3 is 14.8 Å². The third-order valence-electron chi connectivity index (χ3n) is 5.08. The first kappa shape index (κ1) is 25.1. The summed E-state index contributed by atoms with van der Waals surface area (Å²) in [5, 5.41) is 2.66. The predicted octanol–water partition coefficient (Wildman–Crippen LogP) is 1.15. The minimum atomic E-state index is -3.83. The van der Waals surface area contributed by atoms with E-state index < -0.39 is 26.0 Å². The summed E-state index contributed by atoms with van der Waals surface area (Å²) in [4.78, 5) is 12.6. The molecule has 2 aromatic rings. The second-order valence-electron chi connectivity index (χ2n) is 7.54. The summed E-state index contributed by atoms with van der Waals surface area (Å²) in [5.41, 5.74) is 0.787. The fraction of sp³-hybridized carbons (Fsp3) is 0.381. The second kappa shape index (κ2) is 10.2. The Morgan fingerprint density at radius 2 is 1.79 bits per heavy atom. The number of nitrogens with one attached hydrogen (secondary N) is 1. The van der Waals surface area contributed by atoms with Gasteiger partial charge in [0.05, 0.1) is 31.6 Å². The Morgan fingerprint density at radius 3 is 2.42 bits per heavy atom. The highest BCUT2D eigenvalue weighted by Crippen LogP contribution is 2.29. The highest BCUT2D eigenvalue weighted by molar-refractivity contribution is 7.89. The summed E-state index contributed by atoms with van der Waals surface area (Å²) in [7, 11) is -3.24. The number of nitrogens with zero attached hydrogens (tertiary/aromatic N) is 2. The maximum Gasteiger partial charge on any atom is 0.246 e. The molecule has 0 saturated carbocycles. The monoisotopic (exact) mass is 497 g/mol. The Balaban J connectivity index is 1.80. The van der Waals surface area contributed by atoms with E-state index in [9.17, 15) is 21.6 Å². The fourth-order valence-electron chi connectivity index (χ4n) is 3.29. The van der Waals surface area contributed by atoms with Gasteiger partial charge >= 0.3 is 0 Å². The van der Waals surface area contributed by atoms with Crippen LogP contribution in [0.4, 0.5) is 5.69 Å². The third-order valence-corrected chi connectivity index (χ3v) is 8.81. The van der Waals surface area contributed by atoms with Crippen molar-refractivity contribution >= 4 is 31.6 Å². The number of hydrogen-bond acceptors (Lipinski definition) is 7. The largest absolute Gasteiger partial charge is 0.495 e. The molecule has 1 amide bonds. The van der Waals surface area contributed by atoms with E-state index in [2.05, 4.69) is 5.32 Å². The molecule has 3 rings (SSSR count). The second-order valence-corrected chi connectivity index (χ2v) is 11.6. The van der Waals surface area contributed by atoms with Crippen LogP contribution in [0.25, 0.3) is 0 Å². The molecule has 1 saturated heterocycles. The highest BCUT2D eigenvalue weighted by Gasteiger charge is 2.29. The lowest BCUT2D eigenvalue weighted by Crippen LogP contribution is -2.40. The Morgan fingerprint density at radius 1 is 1.09 bits per heavy atom. The number of amides is 1. The number of carbonyl (C=O) groups is 1. The van der Waals surface area contributed by atoms with Crippen molar-refractivity contribution in [2.45, 2.75) is 16.2 Å². The topological polar surface area (TPSA) is 122 Å². The predicted molar refractivity (Wildman–Crippen MR) is 122 cm³/mol. The van der Waals surface area contributed by atoms with Crippen molar-refractivity contribution in [1.82, 2.24) is 8.61 Å². The number of morpholine rings is 1. The van der Waals surface area contributed by atoms with Gasteiger partial charge in [-0.3, -0.25) is 4.79 Å². The molecule has 1 aliphatic heterocycles. The lowest BCUT2D eigenvalue weighted by atomic mass is 10.1. The summed E-state index contributed by atoms with van der Waals surface area (Å²) in [5.74, 6) is -0.235. The first-order chi connectivity index (χ1) is 15.6. The highest BCUT2D eigenvalue weighted by atomic mass is 32.2. The van der Waals surface area contributed by atoms with Crippen LogP contribution in [0.3, 0.4) is 0 Å². The van der Waals surface area contributed by atoms with Crippen LogP contribution >= 0.6 is 0 Å². The molecule has 1 heterocycles. The van der Waals surface area contributed by atoms with Crippen molar-refractivity contribution in [1.29, 1.82) is 0 Å². The van der Waals surface area contributed by atoms with E-state index in [1.165, 1.54) is 55.8 Å². The molecule has 0 aromatic heterocycles. The van der Waals surface area contributed by atoms with Crippen LogP contribution in [0.1, 0.15) is 5.56 Å². The number of carbonyl (C=O) groups excluding carboxylic acids is 1. The van der Waals surface area contributed by atoms with E-state index in [0.717, 1.165) is 4.31 Å². The number of rotatable bonds is 8. The van der Waals surface area contributed by atoms with Crippen molar-refractivity contribution in [3.05, 3.63) is 48.0 Å². The molecule has 0 atom stereocenters.